The summed E-state index contributed by atoms with van der Waals surface area (Å²) in [5.74, 6) is 0.362. The van der Waals surface area contributed by atoms with Crippen LogP contribution < -0.4 is 10.1 Å². The van der Waals surface area contributed by atoms with Gasteiger partial charge in [0.2, 0.25) is 5.91 Å². The van der Waals surface area contributed by atoms with Gasteiger partial charge >= 0.3 is 0 Å². The predicted molar refractivity (Wildman–Crippen MR) is 116 cm³/mol. The van der Waals surface area contributed by atoms with Crippen molar-refractivity contribution in [2.45, 2.75) is 33.4 Å². The van der Waals surface area contributed by atoms with Crippen LogP contribution in [0, 0.1) is 5.92 Å². The van der Waals surface area contributed by atoms with Crippen LogP contribution >= 0.6 is 23.2 Å². The van der Waals surface area contributed by atoms with Crippen LogP contribution in [-0.4, -0.2) is 35.9 Å². The summed E-state index contributed by atoms with van der Waals surface area (Å²) in [6.45, 7) is 6.38. The fourth-order valence-electron chi connectivity index (χ4n) is 2.58. The predicted octanol–water partition coefficient (Wildman–Crippen LogP) is 4.56. The van der Waals surface area contributed by atoms with Gasteiger partial charge in [-0.25, -0.2) is 0 Å². The molecule has 0 spiro atoms. The van der Waals surface area contributed by atoms with E-state index in [1.165, 1.54) is 4.90 Å². The molecular formula is C22H26Cl2N2O3. The third-order valence-corrected chi connectivity index (χ3v) is 4.80. The molecule has 1 atom stereocenters. The van der Waals surface area contributed by atoms with Crippen molar-refractivity contribution < 1.29 is 14.3 Å². The van der Waals surface area contributed by atoms with Gasteiger partial charge in [0.05, 0.1) is 0 Å². The molecule has 0 aliphatic carbocycles. The first-order valence-corrected chi connectivity index (χ1v) is 10.2. The Hall–Kier alpha value is -2.24. The summed E-state index contributed by atoms with van der Waals surface area (Å²) in [5.41, 5.74) is 0.873. The maximum atomic E-state index is 12.9. The van der Waals surface area contributed by atoms with E-state index in [1.54, 1.807) is 43.3 Å². The lowest BCUT2D eigenvalue weighted by Crippen LogP contribution is -2.49. The minimum atomic E-state index is -0.647. The number of nitrogens with one attached hydrogen (secondary N) is 1. The van der Waals surface area contributed by atoms with Gasteiger partial charge in [-0.15, -0.1) is 0 Å². The van der Waals surface area contributed by atoms with Crippen LogP contribution in [0.3, 0.4) is 0 Å². The van der Waals surface area contributed by atoms with Gasteiger partial charge in [0.1, 0.15) is 11.8 Å². The number of halogens is 2. The van der Waals surface area contributed by atoms with Crippen molar-refractivity contribution in [1.82, 2.24) is 10.2 Å². The highest BCUT2D eigenvalue weighted by Gasteiger charge is 2.26. The molecule has 156 valence electrons. The average Bonchev–Trinajstić information content (AvgIpc) is 2.70. The summed E-state index contributed by atoms with van der Waals surface area (Å²) < 4.78 is 5.59. The molecule has 0 aliphatic heterocycles. The number of rotatable bonds is 9. The SMILES string of the molecule is CC(C)CNC(=O)[C@H](C)N(Cc1ccc(Cl)cc1)C(=O)COc1ccc(Cl)cc1. The second-order valence-electron chi connectivity index (χ2n) is 7.21. The van der Waals surface area contributed by atoms with E-state index in [9.17, 15) is 9.59 Å². The summed E-state index contributed by atoms with van der Waals surface area (Å²) >= 11 is 11.8. The van der Waals surface area contributed by atoms with Crippen molar-refractivity contribution in [3.63, 3.8) is 0 Å². The zero-order valence-corrected chi connectivity index (χ0v) is 18.3. The molecule has 2 rings (SSSR count). The van der Waals surface area contributed by atoms with Crippen molar-refractivity contribution in [2.24, 2.45) is 5.92 Å². The molecule has 0 unspecified atom stereocenters. The fourth-order valence-corrected chi connectivity index (χ4v) is 2.83. The van der Waals surface area contributed by atoms with Crippen LogP contribution in [-0.2, 0) is 16.1 Å². The summed E-state index contributed by atoms with van der Waals surface area (Å²) in [6.07, 6.45) is 0. The molecule has 0 aromatic heterocycles. The normalized spacial score (nSPS) is 11.8. The van der Waals surface area contributed by atoms with Crippen LogP contribution in [0.2, 0.25) is 10.0 Å². The number of amides is 2. The van der Waals surface area contributed by atoms with Gasteiger partial charge < -0.3 is 15.0 Å². The van der Waals surface area contributed by atoms with Gasteiger partial charge in [0, 0.05) is 23.1 Å². The molecule has 0 saturated heterocycles. The van der Waals surface area contributed by atoms with E-state index in [1.807, 2.05) is 26.0 Å². The lowest BCUT2D eigenvalue weighted by Gasteiger charge is -2.29. The maximum absolute atomic E-state index is 12.9. The van der Waals surface area contributed by atoms with Crippen molar-refractivity contribution in [3.8, 4) is 5.75 Å². The highest BCUT2D eigenvalue weighted by Crippen LogP contribution is 2.17. The Morgan fingerprint density at radius 3 is 2.07 bits per heavy atom. The van der Waals surface area contributed by atoms with E-state index >= 15 is 0 Å². The Morgan fingerprint density at radius 2 is 1.52 bits per heavy atom. The minimum Gasteiger partial charge on any atom is -0.484 e. The molecule has 0 aliphatic rings. The van der Waals surface area contributed by atoms with Crippen LogP contribution in [0.5, 0.6) is 5.75 Å². The smallest absolute Gasteiger partial charge is 0.261 e. The fraction of sp³-hybridized carbons (Fsp3) is 0.364. The molecule has 0 saturated carbocycles. The van der Waals surface area contributed by atoms with Gasteiger partial charge in [-0.05, 0) is 54.8 Å². The topological polar surface area (TPSA) is 58.6 Å². The van der Waals surface area contributed by atoms with E-state index in [4.69, 9.17) is 27.9 Å². The molecular weight excluding hydrogens is 411 g/mol. The number of nitrogens with zero attached hydrogens (tertiary/aromatic N) is 1. The number of ether oxygens (including phenoxy) is 1. The molecule has 0 fully saturated rings. The van der Waals surface area contributed by atoms with Crippen molar-refractivity contribution in [3.05, 3.63) is 64.1 Å². The molecule has 2 aromatic rings. The molecule has 0 heterocycles. The Labute approximate surface area is 181 Å². The van der Waals surface area contributed by atoms with Crippen molar-refractivity contribution in [1.29, 1.82) is 0 Å². The van der Waals surface area contributed by atoms with Crippen molar-refractivity contribution >= 4 is 35.0 Å². The van der Waals surface area contributed by atoms with Gasteiger partial charge in [-0.2, -0.15) is 0 Å². The largest absolute Gasteiger partial charge is 0.484 e. The molecule has 7 heteroatoms. The Balaban J connectivity index is 2.10. The lowest BCUT2D eigenvalue weighted by molar-refractivity contribution is -0.142. The maximum Gasteiger partial charge on any atom is 0.261 e. The summed E-state index contributed by atoms with van der Waals surface area (Å²) in [4.78, 5) is 27.0. The zero-order chi connectivity index (χ0) is 21.4. The first-order valence-electron chi connectivity index (χ1n) is 9.46. The number of carbonyl (C=O) groups excluding carboxylic acids is 2. The molecule has 0 bridgehead atoms. The second-order valence-corrected chi connectivity index (χ2v) is 8.08. The summed E-state index contributed by atoms with van der Waals surface area (Å²) in [6, 6.07) is 13.3. The molecule has 1 N–H and O–H groups in total. The molecule has 0 radical (unpaired) electrons. The van der Waals surface area contributed by atoms with Gasteiger partial charge in [-0.1, -0.05) is 49.2 Å². The van der Waals surface area contributed by atoms with E-state index in [0.717, 1.165) is 5.56 Å². The van der Waals surface area contributed by atoms with E-state index in [-0.39, 0.29) is 25.0 Å². The molecule has 2 aromatic carbocycles. The quantitative estimate of drug-likeness (QED) is 0.626. The molecule has 5 nitrogen and oxygen atoms in total. The van der Waals surface area contributed by atoms with Gasteiger partial charge in [-0.3, -0.25) is 9.59 Å². The summed E-state index contributed by atoms with van der Waals surface area (Å²) in [7, 11) is 0. The van der Waals surface area contributed by atoms with Gasteiger partial charge in [0.15, 0.2) is 6.61 Å². The first-order chi connectivity index (χ1) is 13.8. The van der Waals surface area contributed by atoms with Crippen LogP contribution in [0.1, 0.15) is 26.3 Å². The monoisotopic (exact) mass is 436 g/mol. The van der Waals surface area contributed by atoms with Crippen LogP contribution in [0.25, 0.3) is 0 Å². The van der Waals surface area contributed by atoms with E-state index < -0.39 is 6.04 Å². The third kappa shape index (κ3) is 7.59. The van der Waals surface area contributed by atoms with Crippen LogP contribution in [0.15, 0.2) is 48.5 Å². The zero-order valence-electron chi connectivity index (χ0n) is 16.8. The summed E-state index contributed by atoms with van der Waals surface area (Å²) in [5, 5.41) is 4.08. The standard InChI is InChI=1S/C22H26Cl2N2O3/c1-15(2)12-25-22(28)16(3)26(13-17-4-6-18(23)7-5-17)21(27)14-29-20-10-8-19(24)9-11-20/h4-11,15-16H,12-14H2,1-3H3,(H,25,28)/t16-/m0/s1. The Kier molecular flexibility index (Phi) is 8.80. The van der Waals surface area contributed by atoms with Gasteiger partial charge in [0.25, 0.3) is 5.91 Å². The average molecular weight is 437 g/mol. The van der Waals surface area contributed by atoms with Crippen molar-refractivity contribution in [2.75, 3.05) is 13.2 Å². The second kappa shape index (κ2) is 11.1. The van der Waals surface area contributed by atoms with Crippen LogP contribution in [0.4, 0.5) is 0 Å². The molecule has 2 amide bonds. The highest BCUT2D eigenvalue weighted by molar-refractivity contribution is 6.30. The third-order valence-electron chi connectivity index (χ3n) is 4.29. The number of carbonyl (C=O) groups is 2. The first kappa shape index (κ1) is 23.0. The minimum absolute atomic E-state index is 0.184. The van der Waals surface area contributed by atoms with E-state index in [2.05, 4.69) is 5.32 Å². The van der Waals surface area contributed by atoms with E-state index in [0.29, 0.717) is 28.3 Å². The number of hydrogen-bond acceptors (Lipinski definition) is 3. The Bertz CT molecular complexity index is 808. The number of hydrogen-bond donors (Lipinski definition) is 1. The highest BCUT2D eigenvalue weighted by atomic mass is 35.5. The number of benzene rings is 2. The Morgan fingerprint density at radius 1 is 0.966 bits per heavy atom. The lowest BCUT2D eigenvalue weighted by atomic mass is 10.1. The molecule has 29 heavy (non-hydrogen) atoms.